The number of sulfonamides is 1. The van der Waals surface area contributed by atoms with Gasteiger partial charge in [0, 0.05) is 39.0 Å². The van der Waals surface area contributed by atoms with Crippen molar-refractivity contribution in [3.63, 3.8) is 0 Å². The van der Waals surface area contributed by atoms with Crippen LogP contribution in [0, 0.1) is 0 Å². The molecule has 1 aromatic carbocycles. The molecule has 0 unspecified atom stereocenters. The molecule has 0 radical (unpaired) electrons. The number of anilines is 1. The fraction of sp³-hybridized carbons (Fsp3) is 0.263. The Morgan fingerprint density at radius 1 is 1.07 bits per heavy atom. The second kappa shape index (κ2) is 9.33. The van der Waals surface area contributed by atoms with Crippen molar-refractivity contribution >= 4 is 27.6 Å². The molecule has 2 aromatic heterocycles. The molecule has 0 saturated carbocycles. The van der Waals surface area contributed by atoms with E-state index in [2.05, 4.69) is 19.9 Å². The van der Waals surface area contributed by atoms with E-state index >= 15 is 0 Å². The highest BCUT2D eigenvalue weighted by Crippen LogP contribution is 2.23. The number of nitrogens with zero attached hydrogens (tertiary/aromatic N) is 5. The van der Waals surface area contributed by atoms with E-state index in [4.69, 9.17) is 21.5 Å². The Labute approximate surface area is 180 Å². The lowest BCUT2D eigenvalue weighted by Gasteiger charge is -2.14. The Morgan fingerprint density at radius 3 is 2.33 bits per heavy atom. The molecule has 3 rings (SSSR count). The van der Waals surface area contributed by atoms with Gasteiger partial charge in [0.1, 0.15) is 11.6 Å². The summed E-state index contributed by atoms with van der Waals surface area (Å²) in [6.07, 6.45) is 4.30. The Hall–Kier alpha value is -2.82. The first-order valence-electron chi connectivity index (χ1n) is 8.97. The molecule has 158 valence electrons. The van der Waals surface area contributed by atoms with Crippen LogP contribution >= 0.6 is 11.6 Å². The van der Waals surface area contributed by atoms with Crippen LogP contribution in [0.15, 0.2) is 42.7 Å². The van der Waals surface area contributed by atoms with Crippen LogP contribution in [0.4, 0.5) is 5.95 Å². The number of aryl methyl sites for hydroxylation is 2. The van der Waals surface area contributed by atoms with Crippen LogP contribution in [0.5, 0.6) is 11.6 Å². The Morgan fingerprint density at radius 2 is 1.73 bits per heavy atom. The van der Waals surface area contributed by atoms with Crippen molar-refractivity contribution in [1.29, 1.82) is 0 Å². The zero-order valence-electron chi connectivity index (χ0n) is 16.5. The summed E-state index contributed by atoms with van der Waals surface area (Å²) < 4.78 is 28.3. The molecule has 9 nitrogen and oxygen atoms in total. The topological polar surface area (TPSA) is 124 Å². The van der Waals surface area contributed by atoms with Crippen molar-refractivity contribution in [1.82, 2.24) is 19.9 Å². The van der Waals surface area contributed by atoms with Gasteiger partial charge in [-0.1, -0.05) is 23.7 Å². The van der Waals surface area contributed by atoms with Crippen molar-refractivity contribution in [3.05, 3.63) is 64.8 Å². The SMILES string of the molecule is CN(C)c1nc(CCc2ncc(Cl)cn2)cc(Oc2ccc(CS(N)(=O)=O)cc2)n1. The Balaban J connectivity index is 1.76. The molecular formula is C19H21ClN6O3S. The summed E-state index contributed by atoms with van der Waals surface area (Å²) >= 11 is 5.82. The van der Waals surface area contributed by atoms with Crippen molar-refractivity contribution < 1.29 is 13.2 Å². The summed E-state index contributed by atoms with van der Waals surface area (Å²) in [6.45, 7) is 0. The Bertz CT molecular complexity index is 1110. The molecule has 0 spiro atoms. The standard InChI is InChI=1S/C19H21ClN6O3S/c1-26(2)19-24-15(5-8-17-22-10-14(20)11-23-17)9-18(25-19)29-16-6-3-13(4-7-16)12-30(21,27)28/h3-4,6-7,9-11H,5,8,12H2,1-2H3,(H2,21,27,28). The molecule has 11 heteroatoms. The first-order chi connectivity index (χ1) is 14.2. The normalized spacial score (nSPS) is 11.3. The second-order valence-corrected chi connectivity index (χ2v) is 8.81. The summed E-state index contributed by atoms with van der Waals surface area (Å²) in [5, 5.41) is 5.56. The van der Waals surface area contributed by atoms with Crippen LogP contribution in [-0.4, -0.2) is 42.4 Å². The molecule has 0 bridgehead atoms. The number of benzene rings is 1. The van der Waals surface area contributed by atoms with Gasteiger partial charge in [0.15, 0.2) is 0 Å². The smallest absolute Gasteiger partial charge is 0.228 e. The van der Waals surface area contributed by atoms with Gasteiger partial charge in [-0.05, 0) is 24.1 Å². The van der Waals surface area contributed by atoms with Gasteiger partial charge in [0.05, 0.1) is 16.5 Å². The average Bonchev–Trinajstić information content (AvgIpc) is 2.68. The minimum atomic E-state index is -3.59. The molecule has 0 aliphatic rings. The maximum Gasteiger partial charge on any atom is 0.228 e. The van der Waals surface area contributed by atoms with E-state index in [1.165, 1.54) is 0 Å². The highest BCUT2D eigenvalue weighted by molar-refractivity contribution is 7.88. The quantitative estimate of drug-likeness (QED) is 0.556. The van der Waals surface area contributed by atoms with Crippen LogP contribution in [0.2, 0.25) is 5.02 Å². The second-order valence-electron chi connectivity index (χ2n) is 6.76. The molecule has 0 aliphatic heterocycles. The summed E-state index contributed by atoms with van der Waals surface area (Å²) in [5.41, 5.74) is 1.35. The summed E-state index contributed by atoms with van der Waals surface area (Å²) in [5.74, 6) is 1.83. The predicted molar refractivity (Wildman–Crippen MR) is 114 cm³/mol. The molecule has 0 atom stereocenters. The van der Waals surface area contributed by atoms with Crippen molar-refractivity contribution in [2.24, 2.45) is 5.14 Å². The fourth-order valence-electron chi connectivity index (χ4n) is 2.55. The lowest BCUT2D eigenvalue weighted by atomic mass is 10.2. The maximum absolute atomic E-state index is 11.2. The summed E-state index contributed by atoms with van der Waals surface area (Å²) in [4.78, 5) is 19.1. The lowest BCUT2D eigenvalue weighted by molar-refractivity contribution is 0.460. The van der Waals surface area contributed by atoms with Crippen LogP contribution in [0.1, 0.15) is 17.1 Å². The number of halogens is 1. The van der Waals surface area contributed by atoms with Crippen molar-refractivity contribution in [3.8, 4) is 11.6 Å². The van der Waals surface area contributed by atoms with E-state index in [-0.39, 0.29) is 5.75 Å². The zero-order valence-corrected chi connectivity index (χ0v) is 18.1. The van der Waals surface area contributed by atoms with Gasteiger partial charge < -0.3 is 9.64 Å². The van der Waals surface area contributed by atoms with Gasteiger partial charge in [-0.2, -0.15) is 4.98 Å². The van der Waals surface area contributed by atoms with E-state index in [9.17, 15) is 8.42 Å². The average molecular weight is 449 g/mol. The summed E-state index contributed by atoms with van der Waals surface area (Å²) in [7, 11) is 0.0952. The number of rotatable bonds is 8. The third-order valence-electron chi connectivity index (χ3n) is 3.94. The van der Waals surface area contributed by atoms with Crippen LogP contribution in [-0.2, 0) is 28.6 Å². The molecule has 2 N–H and O–H groups in total. The number of aromatic nitrogens is 4. The first-order valence-corrected chi connectivity index (χ1v) is 11.1. The molecule has 0 fully saturated rings. The maximum atomic E-state index is 11.2. The molecular weight excluding hydrogens is 428 g/mol. The van der Waals surface area contributed by atoms with Gasteiger partial charge >= 0.3 is 0 Å². The lowest BCUT2D eigenvalue weighted by Crippen LogP contribution is -2.14. The molecule has 0 saturated heterocycles. The third kappa shape index (κ3) is 6.61. The van der Waals surface area contributed by atoms with Gasteiger partial charge in [-0.3, -0.25) is 0 Å². The van der Waals surface area contributed by atoms with E-state index < -0.39 is 10.0 Å². The predicted octanol–water partition coefficient (Wildman–Crippen LogP) is 2.35. The first kappa shape index (κ1) is 21.9. The van der Waals surface area contributed by atoms with Crippen molar-refractivity contribution in [2.75, 3.05) is 19.0 Å². The van der Waals surface area contributed by atoms with Gasteiger partial charge in [0.25, 0.3) is 0 Å². The number of hydrogen-bond donors (Lipinski definition) is 1. The third-order valence-corrected chi connectivity index (χ3v) is 4.87. The molecule has 30 heavy (non-hydrogen) atoms. The Kier molecular flexibility index (Phi) is 6.80. The number of nitrogens with two attached hydrogens (primary N) is 1. The van der Waals surface area contributed by atoms with E-state index in [1.54, 1.807) is 47.6 Å². The molecule has 0 aliphatic carbocycles. The largest absolute Gasteiger partial charge is 0.439 e. The van der Waals surface area contributed by atoms with Gasteiger partial charge in [-0.15, -0.1) is 0 Å². The van der Waals surface area contributed by atoms with E-state index in [1.807, 2.05) is 14.1 Å². The minimum absolute atomic E-state index is 0.234. The van der Waals surface area contributed by atoms with E-state index in [0.29, 0.717) is 46.8 Å². The number of ether oxygens (including phenoxy) is 1. The highest BCUT2D eigenvalue weighted by Gasteiger charge is 2.10. The molecule has 0 amide bonds. The molecule has 3 aromatic rings. The van der Waals surface area contributed by atoms with Crippen molar-refractivity contribution in [2.45, 2.75) is 18.6 Å². The zero-order chi connectivity index (χ0) is 21.7. The minimum Gasteiger partial charge on any atom is -0.439 e. The summed E-state index contributed by atoms with van der Waals surface area (Å²) in [6, 6.07) is 8.37. The number of primary sulfonamides is 1. The number of hydrogen-bond acceptors (Lipinski definition) is 8. The highest BCUT2D eigenvalue weighted by atomic mass is 35.5. The monoisotopic (exact) mass is 448 g/mol. The van der Waals surface area contributed by atoms with Gasteiger partial charge in [0.2, 0.25) is 21.9 Å². The van der Waals surface area contributed by atoms with E-state index in [0.717, 1.165) is 5.69 Å². The molecule has 2 heterocycles. The van der Waals surface area contributed by atoms with Crippen LogP contribution in [0.3, 0.4) is 0 Å². The van der Waals surface area contributed by atoms with Crippen LogP contribution < -0.4 is 14.8 Å². The fourth-order valence-corrected chi connectivity index (χ4v) is 3.31. The van der Waals surface area contributed by atoms with Gasteiger partial charge in [-0.25, -0.2) is 28.5 Å². The van der Waals surface area contributed by atoms with Crippen LogP contribution in [0.25, 0.3) is 0 Å².